The molecule has 0 fully saturated rings. The minimum atomic E-state index is -0.769. The van der Waals surface area contributed by atoms with Crippen LogP contribution in [0.1, 0.15) is 18.4 Å². The Hall–Kier alpha value is -1.75. The normalized spacial score (nSPS) is 11.8. The molecule has 100 valence electrons. The third-order valence-electron chi connectivity index (χ3n) is 2.57. The summed E-state index contributed by atoms with van der Waals surface area (Å²) < 4.78 is 15.2. The fourth-order valence-corrected chi connectivity index (χ4v) is 1.65. The lowest BCUT2D eigenvalue weighted by molar-refractivity contribution is -0.146. The number of esters is 1. The molecular formula is C13H18O5. The minimum absolute atomic E-state index is 0.265. The van der Waals surface area contributed by atoms with Crippen LogP contribution in [0.15, 0.2) is 18.2 Å². The molecule has 0 saturated heterocycles. The summed E-state index contributed by atoms with van der Waals surface area (Å²) in [4.78, 5) is 11.8. The fourth-order valence-electron chi connectivity index (χ4n) is 1.65. The lowest BCUT2D eigenvalue weighted by Gasteiger charge is -2.17. The van der Waals surface area contributed by atoms with E-state index in [9.17, 15) is 9.90 Å². The van der Waals surface area contributed by atoms with Gasteiger partial charge in [-0.15, -0.1) is 0 Å². The Morgan fingerprint density at radius 3 is 2.56 bits per heavy atom. The summed E-state index contributed by atoms with van der Waals surface area (Å²) in [5.41, 5.74) is 0.554. The van der Waals surface area contributed by atoms with Gasteiger partial charge in [0.15, 0.2) is 0 Å². The van der Waals surface area contributed by atoms with Gasteiger partial charge in [0, 0.05) is 5.56 Å². The summed E-state index contributed by atoms with van der Waals surface area (Å²) in [5, 5.41) is 9.36. The zero-order valence-corrected chi connectivity index (χ0v) is 10.8. The molecule has 0 aliphatic rings. The minimum Gasteiger partial charge on any atom is -0.497 e. The second kappa shape index (κ2) is 6.86. The van der Waals surface area contributed by atoms with E-state index in [0.29, 0.717) is 17.1 Å². The van der Waals surface area contributed by atoms with Gasteiger partial charge in [-0.2, -0.15) is 0 Å². The summed E-state index contributed by atoms with van der Waals surface area (Å²) in [6, 6.07) is 5.08. The highest BCUT2D eigenvalue weighted by atomic mass is 16.5. The maximum Gasteiger partial charge on any atom is 0.315 e. The predicted octanol–water partition coefficient (Wildman–Crippen LogP) is 1.34. The highest BCUT2D eigenvalue weighted by Crippen LogP contribution is 2.31. The smallest absolute Gasteiger partial charge is 0.315 e. The molecule has 0 bridgehead atoms. The maximum absolute atomic E-state index is 11.8. The summed E-state index contributed by atoms with van der Waals surface area (Å²) in [7, 11) is 3.04. The summed E-state index contributed by atoms with van der Waals surface area (Å²) >= 11 is 0. The lowest BCUT2D eigenvalue weighted by atomic mass is 9.98. The van der Waals surface area contributed by atoms with Gasteiger partial charge in [-0.05, 0) is 25.1 Å². The first-order valence-corrected chi connectivity index (χ1v) is 5.67. The number of hydrogen-bond acceptors (Lipinski definition) is 5. The van der Waals surface area contributed by atoms with Gasteiger partial charge in [-0.3, -0.25) is 4.79 Å². The predicted molar refractivity (Wildman–Crippen MR) is 66.0 cm³/mol. The van der Waals surface area contributed by atoms with Crippen molar-refractivity contribution in [2.75, 3.05) is 27.4 Å². The van der Waals surface area contributed by atoms with Gasteiger partial charge in [0.25, 0.3) is 0 Å². The number of benzene rings is 1. The van der Waals surface area contributed by atoms with Crippen molar-refractivity contribution in [3.05, 3.63) is 23.8 Å². The Labute approximate surface area is 106 Å². The van der Waals surface area contributed by atoms with E-state index in [1.165, 1.54) is 14.2 Å². The van der Waals surface area contributed by atoms with E-state index in [2.05, 4.69) is 0 Å². The monoisotopic (exact) mass is 254 g/mol. The van der Waals surface area contributed by atoms with Crippen molar-refractivity contribution >= 4 is 5.97 Å². The molecule has 1 rings (SSSR count). The molecule has 0 aliphatic heterocycles. The Morgan fingerprint density at radius 1 is 1.33 bits per heavy atom. The van der Waals surface area contributed by atoms with E-state index in [-0.39, 0.29) is 13.2 Å². The van der Waals surface area contributed by atoms with Crippen LogP contribution in [0, 0.1) is 0 Å². The third kappa shape index (κ3) is 3.13. The highest BCUT2D eigenvalue weighted by Gasteiger charge is 2.25. The molecule has 0 aromatic heterocycles. The average Bonchev–Trinajstić information content (AvgIpc) is 2.39. The van der Waals surface area contributed by atoms with Crippen LogP contribution in [0.4, 0.5) is 0 Å². The number of aliphatic hydroxyl groups is 1. The first kappa shape index (κ1) is 14.3. The second-order valence-electron chi connectivity index (χ2n) is 3.60. The molecule has 1 atom stereocenters. The fraction of sp³-hybridized carbons (Fsp3) is 0.462. The van der Waals surface area contributed by atoms with Crippen LogP contribution in [-0.4, -0.2) is 38.5 Å². The van der Waals surface area contributed by atoms with Crippen LogP contribution in [0.25, 0.3) is 0 Å². The standard InChI is InChI=1S/C13H18O5/c1-4-18-13(15)11(8-14)10-7-9(16-2)5-6-12(10)17-3/h5-7,11,14H,4,8H2,1-3H3/t11-/m0/s1. The molecule has 0 radical (unpaired) electrons. The molecule has 18 heavy (non-hydrogen) atoms. The van der Waals surface area contributed by atoms with E-state index in [4.69, 9.17) is 14.2 Å². The van der Waals surface area contributed by atoms with Crippen molar-refractivity contribution in [1.29, 1.82) is 0 Å². The summed E-state index contributed by atoms with van der Waals surface area (Å²) in [6.07, 6.45) is 0. The average molecular weight is 254 g/mol. The summed E-state index contributed by atoms with van der Waals surface area (Å²) in [5.74, 6) is -0.141. The van der Waals surface area contributed by atoms with Gasteiger partial charge < -0.3 is 19.3 Å². The van der Waals surface area contributed by atoms with Gasteiger partial charge in [0.2, 0.25) is 0 Å². The highest BCUT2D eigenvalue weighted by molar-refractivity contribution is 5.79. The molecule has 0 spiro atoms. The van der Waals surface area contributed by atoms with E-state index in [0.717, 1.165) is 0 Å². The van der Waals surface area contributed by atoms with Crippen molar-refractivity contribution < 1.29 is 24.1 Å². The van der Waals surface area contributed by atoms with Crippen LogP contribution in [0.5, 0.6) is 11.5 Å². The lowest BCUT2D eigenvalue weighted by Crippen LogP contribution is -2.20. The first-order valence-electron chi connectivity index (χ1n) is 5.67. The quantitative estimate of drug-likeness (QED) is 0.776. The molecule has 5 heteroatoms. The molecule has 5 nitrogen and oxygen atoms in total. The molecule has 1 aromatic rings. The molecule has 0 heterocycles. The Kier molecular flexibility index (Phi) is 5.45. The number of carbonyl (C=O) groups excluding carboxylic acids is 1. The molecule has 0 unspecified atom stereocenters. The molecule has 1 N–H and O–H groups in total. The van der Waals surface area contributed by atoms with Crippen LogP contribution >= 0.6 is 0 Å². The van der Waals surface area contributed by atoms with E-state index >= 15 is 0 Å². The van der Waals surface area contributed by atoms with Crippen LogP contribution in [-0.2, 0) is 9.53 Å². The van der Waals surface area contributed by atoms with Crippen LogP contribution in [0.2, 0.25) is 0 Å². The van der Waals surface area contributed by atoms with Gasteiger partial charge in [0.05, 0.1) is 27.4 Å². The van der Waals surface area contributed by atoms with E-state index in [1.54, 1.807) is 25.1 Å². The Bertz CT molecular complexity index is 402. The first-order chi connectivity index (χ1) is 8.67. The van der Waals surface area contributed by atoms with Crippen molar-refractivity contribution in [3.63, 3.8) is 0 Å². The third-order valence-corrected chi connectivity index (χ3v) is 2.57. The number of aliphatic hydroxyl groups excluding tert-OH is 1. The van der Waals surface area contributed by atoms with Gasteiger partial charge in [-0.1, -0.05) is 0 Å². The van der Waals surface area contributed by atoms with Crippen molar-refractivity contribution in [2.24, 2.45) is 0 Å². The largest absolute Gasteiger partial charge is 0.497 e. The maximum atomic E-state index is 11.8. The second-order valence-corrected chi connectivity index (χ2v) is 3.60. The van der Waals surface area contributed by atoms with Crippen molar-refractivity contribution in [3.8, 4) is 11.5 Å². The molecular weight excluding hydrogens is 236 g/mol. The number of hydrogen-bond donors (Lipinski definition) is 1. The van der Waals surface area contributed by atoms with Crippen molar-refractivity contribution in [1.82, 2.24) is 0 Å². The van der Waals surface area contributed by atoms with E-state index in [1.807, 2.05) is 0 Å². The van der Waals surface area contributed by atoms with Gasteiger partial charge in [0.1, 0.15) is 17.4 Å². The molecule has 0 saturated carbocycles. The zero-order chi connectivity index (χ0) is 13.5. The van der Waals surface area contributed by atoms with Crippen LogP contribution in [0.3, 0.4) is 0 Å². The van der Waals surface area contributed by atoms with Gasteiger partial charge in [-0.25, -0.2) is 0 Å². The van der Waals surface area contributed by atoms with E-state index < -0.39 is 11.9 Å². The topological polar surface area (TPSA) is 65.0 Å². The molecule has 1 aromatic carbocycles. The number of carbonyl (C=O) groups is 1. The number of ether oxygens (including phenoxy) is 3. The zero-order valence-electron chi connectivity index (χ0n) is 10.8. The Balaban J connectivity index is 3.13. The van der Waals surface area contributed by atoms with Crippen LogP contribution < -0.4 is 9.47 Å². The Morgan fingerprint density at radius 2 is 2.06 bits per heavy atom. The SMILES string of the molecule is CCOC(=O)[C@@H](CO)c1cc(OC)ccc1OC. The summed E-state index contributed by atoms with van der Waals surface area (Å²) in [6.45, 7) is 1.64. The molecule has 0 amide bonds. The molecule has 0 aliphatic carbocycles. The number of methoxy groups -OCH3 is 2. The number of rotatable bonds is 6. The van der Waals surface area contributed by atoms with Gasteiger partial charge >= 0.3 is 5.97 Å². The van der Waals surface area contributed by atoms with Crippen molar-refractivity contribution in [2.45, 2.75) is 12.8 Å².